The molecule has 1 aliphatic heterocycles. The van der Waals surface area contributed by atoms with Crippen molar-refractivity contribution in [2.24, 2.45) is 0 Å². The highest BCUT2D eigenvalue weighted by molar-refractivity contribution is 4.78. The van der Waals surface area contributed by atoms with Crippen LogP contribution in [0.4, 0.5) is 0 Å². The molecule has 58 valence electrons. The highest BCUT2D eigenvalue weighted by Crippen LogP contribution is 2.17. The molecule has 0 radical (unpaired) electrons. The third kappa shape index (κ3) is 1.82. The summed E-state index contributed by atoms with van der Waals surface area (Å²) in [4.78, 5) is 0. The third-order valence-electron chi connectivity index (χ3n) is 1.59. The Bertz CT molecular complexity index is 112. The number of hydrogen-bond donors (Lipinski definition) is 0. The third-order valence-corrected chi connectivity index (χ3v) is 1.59. The molecule has 0 amide bonds. The van der Waals surface area contributed by atoms with Gasteiger partial charge in [0.25, 0.3) is 0 Å². The van der Waals surface area contributed by atoms with Crippen LogP contribution in [0.15, 0.2) is 12.7 Å². The SMILES string of the molecule is C=CC1OC(C)CC(C)O1. The van der Waals surface area contributed by atoms with E-state index in [1.807, 2.05) is 0 Å². The Hall–Kier alpha value is -0.340. The van der Waals surface area contributed by atoms with E-state index < -0.39 is 0 Å². The molecule has 0 saturated carbocycles. The van der Waals surface area contributed by atoms with Crippen LogP contribution < -0.4 is 0 Å². The second-order valence-corrected chi connectivity index (χ2v) is 2.73. The first kappa shape index (κ1) is 7.76. The summed E-state index contributed by atoms with van der Waals surface area (Å²) in [7, 11) is 0. The molecule has 2 heteroatoms. The maximum atomic E-state index is 5.37. The molecular weight excluding hydrogens is 128 g/mol. The second-order valence-electron chi connectivity index (χ2n) is 2.73. The van der Waals surface area contributed by atoms with Gasteiger partial charge in [0.15, 0.2) is 6.29 Å². The maximum Gasteiger partial charge on any atom is 0.177 e. The van der Waals surface area contributed by atoms with Gasteiger partial charge in [-0.3, -0.25) is 0 Å². The minimum Gasteiger partial charge on any atom is -0.346 e. The van der Waals surface area contributed by atoms with E-state index in [4.69, 9.17) is 9.47 Å². The Morgan fingerprint density at radius 3 is 2.20 bits per heavy atom. The van der Waals surface area contributed by atoms with Crippen LogP contribution in [0.25, 0.3) is 0 Å². The fourth-order valence-corrected chi connectivity index (χ4v) is 1.18. The predicted octanol–water partition coefficient (Wildman–Crippen LogP) is 1.71. The number of ether oxygens (including phenoxy) is 2. The molecule has 10 heavy (non-hydrogen) atoms. The standard InChI is InChI=1S/C8H14O2/c1-4-8-9-6(2)5-7(3)10-8/h4,6-8H,1,5H2,2-3H3. The van der Waals surface area contributed by atoms with Gasteiger partial charge in [0.1, 0.15) is 0 Å². The molecule has 0 N–H and O–H groups in total. The van der Waals surface area contributed by atoms with E-state index in [1.165, 1.54) is 0 Å². The van der Waals surface area contributed by atoms with E-state index in [-0.39, 0.29) is 6.29 Å². The van der Waals surface area contributed by atoms with Gasteiger partial charge in [-0.2, -0.15) is 0 Å². The quantitative estimate of drug-likeness (QED) is 0.519. The second kappa shape index (κ2) is 3.17. The molecule has 2 nitrogen and oxygen atoms in total. The van der Waals surface area contributed by atoms with Crippen molar-refractivity contribution in [3.8, 4) is 0 Å². The van der Waals surface area contributed by atoms with E-state index in [2.05, 4.69) is 20.4 Å². The average Bonchev–Trinajstić information content (AvgIpc) is 1.85. The lowest BCUT2D eigenvalue weighted by Crippen LogP contribution is -2.33. The predicted molar refractivity (Wildman–Crippen MR) is 39.7 cm³/mol. The van der Waals surface area contributed by atoms with E-state index in [1.54, 1.807) is 6.08 Å². The molecule has 1 aliphatic rings. The minimum atomic E-state index is -0.196. The molecular formula is C8H14O2. The van der Waals surface area contributed by atoms with Crippen molar-refractivity contribution in [1.29, 1.82) is 0 Å². The molecule has 1 heterocycles. The van der Waals surface area contributed by atoms with Gasteiger partial charge in [0, 0.05) is 0 Å². The monoisotopic (exact) mass is 142 g/mol. The Morgan fingerprint density at radius 1 is 1.30 bits per heavy atom. The molecule has 1 rings (SSSR count). The van der Waals surface area contributed by atoms with Crippen molar-refractivity contribution >= 4 is 0 Å². The number of rotatable bonds is 1. The van der Waals surface area contributed by atoms with Crippen LogP contribution in [-0.2, 0) is 9.47 Å². The minimum absolute atomic E-state index is 0.196. The van der Waals surface area contributed by atoms with Gasteiger partial charge in [-0.1, -0.05) is 6.58 Å². The van der Waals surface area contributed by atoms with Crippen molar-refractivity contribution in [1.82, 2.24) is 0 Å². The van der Waals surface area contributed by atoms with Crippen molar-refractivity contribution in [3.05, 3.63) is 12.7 Å². The highest BCUT2D eigenvalue weighted by atomic mass is 16.7. The van der Waals surface area contributed by atoms with Gasteiger partial charge >= 0.3 is 0 Å². The molecule has 2 unspecified atom stereocenters. The maximum absolute atomic E-state index is 5.37. The van der Waals surface area contributed by atoms with Gasteiger partial charge in [-0.15, -0.1) is 0 Å². The summed E-state index contributed by atoms with van der Waals surface area (Å²) < 4.78 is 10.7. The van der Waals surface area contributed by atoms with Crippen LogP contribution in [0.2, 0.25) is 0 Å². The zero-order valence-electron chi connectivity index (χ0n) is 6.54. The van der Waals surface area contributed by atoms with Crippen molar-refractivity contribution in [2.75, 3.05) is 0 Å². The molecule has 0 aromatic carbocycles. The van der Waals surface area contributed by atoms with Crippen LogP contribution in [0.3, 0.4) is 0 Å². The van der Waals surface area contributed by atoms with Crippen LogP contribution in [0.1, 0.15) is 20.3 Å². The molecule has 0 spiro atoms. The molecule has 0 bridgehead atoms. The molecule has 1 saturated heterocycles. The van der Waals surface area contributed by atoms with Crippen LogP contribution in [0, 0.1) is 0 Å². The zero-order chi connectivity index (χ0) is 7.56. The lowest BCUT2D eigenvalue weighted by atomic mass is 10.2. The molecule has 2 atom stereocenters. The topological polar surface area (TPSA) is 18.5 Å². The van der Waals surface area contributed by atoms with Gasteiger partial charge in [-0.25, -0.2) is 0 Å². The smallest absolute Gasteiger partial charge is 0.177 e. The fraction of sp³-hybridized carbons (Fsp3) is 0.750. The summed E-state index contributed by atoms with van der Waals surface area (Å²) >= 11 is 0. The van der Waals surface area contributed by atoms with Crippen LogP contribution in [0.5, 0.6) is 0 Å². The summed E-state index contributed by atoms with van der Waals surface area (Å²) in [5, 5.41) is 0. The van der Waals surface area contributed by atoms with E-state index in [9.17, 15) is 0 Å². The first-order valence-electron chi connectivity index (χ1n) is 3.66. The van der Waals surface area contributed by atoms with Crippen LogP contribution >= 0.6 is 0 Å². The van der Waals surface area contributed by atoms with Gasteiger partial charge < -0.3 is 9.47 Å². The Kier molecular flexibility index (Phi) is 2.46. The lowest BCUT2D eigenvalue weighted by molar-refractivity contribution is -0.209. The highest BCUT2D eigenvalue weighted by Gasteiger charge is 2.21. The summed E-state index contributed by atoms with van der Waals surface area (Å²) in [5.74, 6) is 0. The molecule has 0 aromatic rings. The first-order chi connectivity index (χ1) is 4.72. The normalized spacial score (nSPS) is 41.2. The first-order valence-corrected chi connectivity index (χ1v) is 3.66. The summed E-state index contributed by atoms with van der Waals surface area (Å²) in [6.07, 6.45) is 3.06. The summed E-state index contributed by atoms with van der Waals surface area (Å²) in [5.41, 5.74) is 0. The molecule has 0 aromatic heterocycles. The molecule has 1 fully saturated rings. The average molecular weight is 142 g/mol. The largest absolute Gasteiger partial charge is 0.346 e. The van der Waals surface area contributed by atoms with E-state index in [0.29, 0.717) is 12.2 Å². The molecule has 0 aliphatic carbocycles. The zero-order valence-corrected chi connectivity index (χ0v) is 6.54. The van der Waals surface area contributed by atoms with E-state index >= 15 is 0 Å². The van der Waals surface area contributed by atoms with Gasteiger partial charge in [0.2, 0.25) is 0 Å². The Morgan fingerprint density at radius 2 is 1.80 bits per heavy atom. The van der Waals surface area contributed by atoms with Crippen molar-refractivity contribution in [2.45, 2.75) is 38.8 Å². The fourth-order valence-electron chi connectivity index (χ4n) is 1.18. The number of hydrogen-bond acceptors (Lipinski definition) is 2. The van der Waals surface area contributed by atoms with E-state index in [0.717, 1.165) is 6.42 Å². The Balaban J connectivity index is 2.42. The van der Waals surface area contributed by atoms with Crippen molar-refractivity contribution in [3.63, 3.8) is 0 Å². The van der Waals surface area contributed by atoms with Crippen LogP contribution in [-0.4, -0.2) is 18.5 Å². The Labute approximate surface area is 61.8 Å². The van der Waals surface area contributed by atoms with Gasteiger partial charge in [-0.05, 0) is 26.3 Å². The lowest BCUT2D eigenvalue weighted by Gasteiger charge is -2.30. The summed E-state index contributed by atoms with van der Waals surface area (Å²) in [6.45, 7) is 7.71. The van der Waals surface area contributed by atoms with Crippen molar-refractivity contribution < 1.29 is 9.47 Å². The van der Waals surface area contributed by atoms with Gasteiger partial charge in [0.05, 0.1) is 12.2 Å². The summed E-state index contributed by atoms with van der Waals surface area (Å²) in [6, 6.07) is 0.